The van der Waals surface area contributed by atoms with Gasteiger partial charge in [0.2, 0.25) is 11.7 Å². The van der Waals surface area contributed by atoms with Crippen LogP contribution in [0.4, 0.5) is 0 Å². The van der Waals surface area contributed by atoms with Crippen LogP contribution in [0.25, 0.3) is 0 Å². The van der Waals surface area contributed by atoms with Crippen molar-refractivity contribution in [1.82, 2.24) is 10.1 Å². The lowest BCUT2D eigenvalue weighted by Gasteiger charge is -2.32. The minimum absolute atomic E-state index is 0.191. The number of nitrogens with zero attached hydrogens (tertiary/aromatic N) is 2. The van der Waals surface area contributed by atoms with Crippen molar-refractivity contribution in [2.75, 3.05) is 7.11 Å². The summed E-state index contributed by atoms with van der Waals surface area (Å²) in [6.07, 6.45) is 6.46. The van der Waals surface area contributed by atoms with E-state index in [-0.39, 0.29) is 11.6 Å². The fourth-order valence-corrected chi connectivity index (χ4v) is 2.69. The SMILES string of the molecule is CCC(C)[C@H](N)c1nc(C2(OC)CCCCC2)no1. The largest absolute Gasteiger partial charge is 0.370 e. The minimum atomic E-state index is -0.366. The normalized spacial score (nSPS) is 22.1. The molecule has 1 aromatic heterocycles. The molecule has 0 aromatic carbocycles. The quantitative estimate of drug-likeness (QED) is 0.887. The minimum Gasteiger partial charge on any atom is -0.370 e. The second kappa shape index (κ2) is 6.01. The molecule has 0 amide bonds. The van der Waals surface area contributed by atoms with Crippen molar-refractivity contribution in [3.63, 3.8) is 0 Å². The monoisotopic (exact) mass is 267 g/mol. The first kappa shape index (κ1) is 14.5. The van der Waals surface area contributed by atoms with Crippen LogP contribution in [-0.4, -0.2) is 17.3 Å². The maximum atomic E-state index is 6.14. The molecule has 0 aliphatic heterocycles. The summed E-state index contributed by atoms with van der Waals surface area (Å²) in [5.41, 5.74) is 5.77. The van der Waals surface area contributed by atoms with E-state index in [2.05, 4.69) is 24.0 Å². The summed E-state index contributed by atoms with van der Waals surface area (Å²) in [6.45, 7) is 4.21. The lowest BCUT2D eigenvalue weighted by molar-refractivity contribution is -0.0527. The maximum absolute atomic E-state index is 6.14. The standard InChI is InChI=1S/C14H25N3O2/c1-4-10(2)11(15)12-16-13(17-19-12)14(18-3)8-6-5-7-9-14/h10-11H,4-9,15H2,1-3H3/t10?,11-/m0/s1. The third-order valence-electron chi connectivity index (χ3n) is 4.44. The van der Waals surface area contributed by atoms with E-state index in [9.17, 15) is 0 Å². The molecule has 0 saturated heterocycles. The first-order chi connectivity index (χ1) is 9.13. The van der Waals surface area contributed by atoms with Gasteiger partial charge in [-0.1, -0.05) is 44.7 Å². The van der Waals surface area contributed by atoms with E-state index in [4.69, 9.17) is 15.0 Å². The Labute approximate surface area is 114 Å². The molecular formula is C14H25N3O2. The van der Waals surface area contributed by atoms with Crippen LogP contribution in [0.15, 0.2) is 4.52 Å². The Kier molecular flexibility index (Phi) is 4.58. The Morgan fingerprint density at radius 2 is 2.05 bits per heavy atom. The lowest BCUT2D eigenvalue weighted by Crippen LogP contribution is -2.32. The molecule has 5 heteroatoms. The third kappa shape index (κ3) is 2.82. The summed E-state index contributed by atoms with van der Waals surface area (Å²) >= 11 is 0. The molecule has 1 aromatic rings. The molecule has 0 bridgehead atoms. The van der Waals surface area contributed by atoms with Gasteiger partial charge in [-0.25, -0.2) is 0 Å². The van der Waals surface area contributed by atoms with Crippen LogP contribution >= 0.6 is 0 Å². The summed E-state index contributed by atoms with van der Waals surface area (Å²) in [4.78, 5) is 4.52. The number of rotatable bonds is 5. The predicted molar refractivity (Wildman–Crippen MR) is 72.5 cm³/mol. The van der Waals surface area contributed by atoms with E-state index < -0.39 is 0 Å². The number of hydrogen-bond donors (Lipinski definition) is 1. The van der Waals surface area contributed by atoms with Crippen molar-refractivity contribution in [3.8, 4) is 0 Å². The van der Waals surface area contributed by atoms with E-state index in [0.29, 0.717) is 17.6 Å². The zero-order valence-corrected chi connectivity index (χ0v) is 12.2. The predicted octanol–water partition coefficient (Wildman–Crippen LogP) is 2.92. The Hall–Kier alpha value is -0.940. The summed E-state index contributed by atoms with van der Waals surface area (Å²) in [5.74, 6) is 1.54. The summed E-state index contributed by atoms with van der Waals surface area (Å²) in [6, 6.07) is -0.191. The van der Waals surface area contributed by atoms with Gasteiger partial charge in [-0.3, -0.25) is 0 Å². The molecule has 2 atom stereocenters. The van der Waals surface area contributed by atoms with Gasteiger partial charge in [-0.15, -0.1) is 0 Å². The highest BCUT2D eigenvalue weighted by atomic mass is 16.5. The molecule has 2 rings (SSSR count). The van der Waals surface area contributed by atoms with Gasteiger partial charge >= 0.3 is 0 Å². The van der Waals surface area contributed by atoms with E-state index >= 15 is 0 Å². The molecule has 1 unspecified atom stereocenters. The van der Waals surface area contributed by atoms with Gasteiger partial charge < -0.3 is 15.0 Å². The molecule has 0 spiro atoms. The van der Waals surface area contributed by atoms with Gasteiger partial charge in [0, 0.05) is 7.11 Å². The van der Waals surface area contributed by atoms with Gasteiger partial charge in [0.1, 0.15) is 5.60 Å². The first-order valence-electron chi connectivity index (χ1n) is 7.28. The Bertz CT molecular complexity index is 399. The van der Waals surface area contributed by atoms with Gasteiger partial charge in [0.25, 0.3) is 0 Å². The lowest BCUT2D eigenvalue weighted by atomic mass is 9.84. The van der Waals surface area contributed by atoms with Crippen molar-refractivity contribution < 1.29 is 9.26 Å². The second-order valence-electron chi connectivity index (χ2n) is 5.63. The molecule has 1 aliphatic carbocycles. The molecule has 108 valence electrons. The van der Waals surface area contributed by atoms with Crippen LogP contribution in [-0.2, 0) is 10.3 Å². The van der Waals surface area contributed by atoms with E-state index in [1.54, 1.807) is 7.11 Å². The zero-order chi connectivity index (χ0) is 13.9. The van der Waals surface area contributed by atoms with Crippen LogP contribution in [0.5, 0.6) is 0 Å². The van der Waals surface area contributed by atoms with E-state index in [1.807, 2.05) is 0 Å². The summed E-state index contributed by atoms with van der Waals surface area (Å²) in [5, 5.41) is 4.13. The van der Waals surface area contributed by atoms with Crippen molar-refractivity contribution >= 4 is 0 Å². The summed E-state index contributed by atoms with van der Waals surface area (Å²) < 4.78 is 11.1. The van der Waals surface area contributed by atoms with Crippen LogP contribution in [0.2, 0.25) is 0 Å². The average Bonchev–Trinajstić information content (AvgIpc) is 2.96. The fraction of sp³-hybridized carbons (Fsp3) is 0.857. The van der Waals surface area contributed by atoms with Crippen molar-refractivity contribution in [3.05, 3.63) is 11.7 Å². The molecule has 19 heavy (non-hydrogen) atoms. The molecule has 5 nitrogen and oxygen atoms in total. The van der Waals surface area contributed by atoms with E-state index in [1.165, 1.54) is 6.42 Å². The van der Waals surface area contributed by atoms with Gasteiger partial charge in [-0.2, -0.15) is 4.98 Å². The molecular weight excluding hydrogens is 242 g/mol. The zero-order valence-electron chi connectivity index (χ0n) is 12.2. The Morgan fingerprint density at radius 3 is 2.63 bits per heavy atom. The highest BCUT2D eigenvalue weighted by Gasteiger charge is 2.39. The molecule has 1 heterocycles. The number of nitrogens with two attached hydrogens (primary N) is 1. The Morgan fingerprint density at radius 1 is 1.37 bits per heavy atom. The number of hydrogen-bond acceptors (Lipinski definition) is 5. The van der Waals surface area contributed by atoms with E-state index in [0.717, 1.165) is 32.1 Å². The third-order valence-corrected chi connectivity index (χ3v) is 4.44. The maximum Gasteiger partial charge on any atom is 0.243 e. The first-order valence-corrected chi connectivity index (χ1v) is 7.28. The fourth-order valence-electron chi connectivity index (χ4n) is 2.69. The van der Waals surface area contributed by atoms with Crippen LogP contribution in [0, 0.1) is 5.92 Å². The molecule has 0 radical (unpaired) electrons. The average molecular weight is 267 g/mol. The summed E-state index contributed by atoms with van der Waals surface area (Å²) in [7, 11) is 1.73. The van der Waals surface area contributed by atoms with Crippen molar-refractivity contribution in [2.24, 2.45) is 11.7 Å². The Balaban J connectivity index is 2.19. The molecule has 1 fully saturated rings. The second-order valence-corrected chi connectivity index (χ2v) is 5.63. The molecule has 1 aliphatic rings. The van der Waals surface area contributed by atoms with Crippen molar-refractivity contribution in [2.45, 2.75) is 64.0 Å². The number of ether oxygens (including phenoxy) is 1. The smallest absolute Gasteiger partial charge is 0.243 e. The number of methoxy groups -OCH3 is 1. The van der Waals surface area contributed by atoms with Crippen molar-refractivity contribution in [1.29, 1.82) is 0 Å². The highest BCUT2D eigenvalue weighted by molar-refractivity contribution is 5.05. The molecule has 2 N–H and O–H groups in total. The number of aromatic nitrogens is 2. The highest BCUT2D eigenvalue weighted by Crippen LogP contribution is 2.38. The van der Waals surface area contributed by atoms with Crippen LogP contribution in [0.3, 0.4) is 0 Å². The van der Waals surface area contributed by atoms with Gasteiger partial charge in [0.15, 0.2) is 0 Å². The van der Waals surface area contributed by atoms with Crippen LogP contribution < -0.4 is 5.73 Å². The molecule has 1 saturated carbocycles. The van der Waals surface area contributed by atoms with Gasteiger partial charge in [-0.05, 0) is 18.8 Å². The van der Waals surface area contributed by atoms with Crippen LogP contribution in [0.1, 0.15) is 70.1 Å². The van der Waals surface area contributed by atoms with Gasteiger partial charge in [0.05, 0.1) is 6.04 Å². The topological polar surface area (TPSA) is 74.2 Å².